The van der Waals surface area contributed by atoms with Gasteiger partial charge in [-0.1, -0.05) is 36.0 Å². The maximum atomic E-state index is 12.4. The molecule has 1 aliphatic rings. The normalized spacial score (nSPS) is 15.1. The first-order valence-corrected chi connectivity index (χ1v) is 10.8. The molecule has 4 rings (SSSR count). The molecular weight excluding hydrogens is 368 g/mol. The van der Waals surface area contributed by atoms with Crippen molar-refractivity contribution in [3.8, 4) is 0 Å². The highest BCUT2D eigenvalue weighted by Crippen LogP contribution is 2.26. The van der Waals surface area contributed by atoms with E-state index in [4.69, 9.17) is 0 Å². The van der Waals surface area contributed by atoms with Crippen LogP contribution in [0.15, 0.2) is 53.7 Å². The van der Waals surface area contributed by atoms with Gasteiger partial charge < -0.3 is 10.3 Å². The first-order chi connectivity index (χ1) is 13.6. The average Bonchev–Trinajstić information content (AvgIpc) is 3.49. The summed E-state index contributed by atoms with van der Waals surface area (Å²) in [6, 6.07) is 16.9. The number of carbonyl (C=O) groups is 1. The quantitative estimate of drug-likeness (QED) is 0.566. The molecule has 5 nitrogen and oxygen atoms in total. The Kier molecular flexibility index (Phi) is 5.69. The third-order valence-electron chi connectivity index (χ3n) is 5.34. The van der Waals surface area contributed by atoms with Crippen LogP contribution in [0.4, 0.5) is 0 Å². The number of rotatable bonds is 8. The minimum atomic E-state index is -0.00691. The summed E-state index contributed by atoms with van der Waals surface area (Å²) in [6.45, 7) is 2.84. The van der Waals surface area contributed by atoms with E-state index in [1.165, 1.54) is 18.4 Å². The number of amides is 1. The van der Waals surface area contributed by atoms with Crippen LogP contribution in [-0.4, -0.2) is 46.5 Å². The smallest absolute Gasteiger partial charge is 0.251 e. The van der Waals surface area contributed by atoms with Crippen LogP contribution in [-0.2, 0) is 5.75 Å². The van der Waals surface area contributed by atoms with Crippen LogP contribution in [0.2, 0.25) is 0 Å². The van der Waals surface area contributed by atoms with Gasteiger partial charge >= 0.3 is 0 Å². The number of aromatic amines is 1. The number of nitrogens with zero attached hydrogens (tertiary/aromatic N) is 2. The van der Waals surface area contributed by atoms with Gasteiger partial charge in [0, 0.05) is 29.9 Å². The number of thioether (sulfide) groups is 1. The molecular formula is C22H26N4OS. The number of H-pyrrole nitrogens is 1. The molecule has 146 valence electrons. The van der Waals surface area contributed by atoms with E-state index >= 15 is 0 Å². The van der Waals surface area contributed by atoms with Crippen molar-refractivity contribution < 1.29 is 4.79 Å². The van der Waals surface area contributed by atoms with Crippen LogP contribution in [0.5, 0.6) is 0 Å². The lowest BCUT2D eigenvalue weighted by Crippen LogP contribution is -2.41. The fourth-order valence-electron chi connectivity index (χ4n) is 3.23. The lowest BCUT2D eigenvalue weighted by atomic mass is 10.1. The molecule has 0 spiro atoms. The minimum absolute atomic E-state index is 0.00691. The number of benzene rings is 2. The molecule has 6 heteroatoms. The maximum absolute atomic E-state index is 12.4. The fourth-order valence-corrected chi connectivity index (χ4v) is 4.07. The highest BCUT2D eigenvalue weighted by molar-refractivity contribution is 7.98. The second kappa shape index (κ2) is 8.37. The van der Waals surface area contributed by atoms with E-state index < -0.39 is 0 Å². The number of imidazole rings is 1. The summed E-state index contributed by atoms with van der Waals surface area (Å²) in [5.41, 5.74) is 3.92. The van der Waals surface area contributed by atoms with E-state index in [0.717, 1.165) is 21.9 Å². The fraction of sp³-hybridized carbons (Fsp3) is 0.364. The molecule has 1 amide bonds. The molecule has 1 aromatic heterocycles. The van der Waals surface area contributed by atoms with Crippen molar-refractivity contribution in [3.63, 3.8) is 0 Å². The van der Waals surface area contributed by atoms with E-state index in [9.17, 15) is 4.79 Å². The molecule has 0 aliphatic heterocycles. The van der Waals surface area contributed by atoms with Crippen molar-refractivity contribution >= 4 is 28.7 Å². The Balaban J connectivity index is 1.28. The van der Waals surface area contributed by atoms with E-state index in [0.29, 0.717) is 24.2 Å². The predicted molar refractivity (Wildman–Crippen MR) is 115 cm³/mol. The Morgan fingerprint density at radius 3 is 2.71 bits per heavy atom. The topological polar surface area (TPSA) is 61.0 Å². The van der Waals surface area contributed by atoms with Crippen LogP contribution < -0.4 is 5.32 Å². The molecule has 2 aromatic carbocycles. The van der Waals surface area contributed by atoms with Crippen LogP contribution in [0.25, 0.3) is 11.0 Å². The highest BCUT2D eigenvalue weighted by atomic mass is 32.2. The van der Waals surface area contributed by atoms with Gasteiger partial charge in [-0.3, -0.25) is 9.69 Å². The minimum Gasteiger partial charge on any atom is -0.350 e. The average molecular weight is 395 g/mol. The number of hydrogen-bond donors (Lipinski definition) is 2. The van der Waals surface area contributed by atoms with Crippen LogP contribution in [0.3, 0.4) is 0 Å². The number of nitrogens with one attached hydrogen (secondary N) is 2. The van der Waals surface area contributed by atoms with Crippen LogP contribution >= 0.6 is 11.8 Å². The van der Waals surface area contributed by atoms with Gasteiger partial charge in [0.1, 0.15) is 0 Å². The van der Waals surface area contributed by atoms with Crippen molar-refractivity contribution in [1.29, 1.82) is 0 Å². The summed E-state index contributed by atoms with van der Waals surface area (Å²) in [7, 11) is 2.14. The van der Waals surface area contributed by atoms with Crippen molar-refractivity contribution in [2.75, 3.05) is 13.6 Å². The largest absolute Gasteiger partial charge is 0.350 e. The van der Waals surface area contributed by atoms with E-state index in [1.54, 1.807) is 11.8 Å². The molecule has 1 unspecified atom stereocenters. The number of fused-ring (bicyclic) bond motifs is 1. The lowest BCUT2D eigenvalue weighted by Gasteiger charge is -2.24. The number of aromatic nitrogens is 2. The molecule has 2 N–H and O–H groups in total. The molecule has 0 radical (unpaired) electrons. The monoisotopic (exact) mass is 394 g/mol. The summed E-state index contributed by atoms with van der Waals surface area (Å²) < 4.78 is 0. The van der Waals surface area contributed by atoms with Gasteiger partial charge in [0.05, 0.1) is 11.0 Å². The van der Waals surface area contributed by atoms with E-state index in [2.05, 4.69) is 34.2 Å². The standard InChI is InChI=1S/C22H26N4OS/c1-15(26(2)18-11-12-18)13-23-21(27)17-9-7-16(8-10-17)14-28-22-24-19-5-3-4-6-20(19)25-22/h3-10,15,18H,11-14H2,1-2H3,(H,23,27)(H,24,25). The van der Waals surface area contributed by atoms with Gasteiger partial charge in [-0.15, -0.1) is 0 Å². The molecule has 1 heterocycles. The van der Waals surface area contributed by atoms with Crippen molar-refractivity contribution in [3.05, 3.63) is 59.7 Å². The Morgan fingerprint density at radius 2 is 2.00 bits per heavy atom. The Hall–Kier alpha value is -2.31. The molecule has 1 saturated carbocycles. The van der Waals surface area contributed by atoms with Gasteiger partial charge in [-0.2, -0.15) is 0 Å². The predicted octanol–water partition coefficient (Wildman–Crippen LogP) is 4.07. The second-order valence-electron chi connectivity index (χ2n) is 7.50. The Morgan fingerprint density at radius 1 is 1.25 bits per heavy atom. The van der Waals surface area contributed by atoms with Crippen LogP contribution in [0.1, 0.15) is 35.7 Å². The molecule has 1 fully saturated rings. The number of hydrogen-bond acceptors (Lipinski definition) is 4. The molecule has 0 saturated heterocycles. The van der Waals surface area contributed by atoms with Crippen molar-refractivity contribution in [2.45, 2.75) is 42.8 Å². The number of likely N-dealkylation sites (N-methyl/N-ethyl adjacent to an activating group) is 1. The zero-order valence-electron chi connectivity index (χ0n) is 16.3. The summed E-state index contributed by atoms with van der Waals surface area (Å²) in [5.74, 6) is 0.804. The Labute approximate surface area is 169 Å². The third-order valence-corrected chi connectivity index (χ3v) is 6.28. The van der Waals surface area contributed by atoms with Gasteiger partial charge in [0.15, 0.2) is 5.16 Å². The maximum Gasteiger partial charge on any atom is 0.251 e. The summed E-state index contributed by atoms with van der Waals surface area (Å²) in [4.78, 5) is 22.7. The zero-order chi connectivity index (χ0) is 19.5. The summed E-state index contributed by atoms with van der Waals surface area (Å²) in [5, 5.41) is 3.97. The van der Waals surface area contributed by atoms with Gasteiger partial charge in [-0.05, 0) is 56.6 Å². The highest BCUT2D eigenvalue weighted by Gasteiger charge is 2.29. The first kappa shape index (κ1) is 19.0. The zero-order valence-corrected chi connectivity index (χ0v) is 17.1. The first-order valence-electron chi connectivity index (χ1n) is 9.77. The van der Waals surface area contributed by atoms with E-state index in [1.807, 2.05) is 48.5 Å². The summed E-state index contributed by atoms with van der Waals surface area (Å²) in [6.07, 6.45) is 2.56. The second-order valence-corrected chi connectivity index (χ2v) is 8.46. The number of carbonyl (C=O) groups excluding carboxylic acids is 1. The van der Waals surface area contributed by atoms with Gasteiger partial charge in [0.2, 0.25) is 0 Å². The van der Waals surface area contributed by atoms with Crippen LogP contribution in [0, 0.1) is 0 Å². The Bertz CT molecular complexity index is 916. The SMILES string of the molecule is CC(CNC(=O)c1ccc(CSc2nc3ccccc3[nH]2)cc1)N(C)C1CC1. The van der Waals surface area contributed by atoms with Gasteiger partial charge in [-0.25, -0.2) is 4.98 Å². The van der Waals surface area contributed by atoms with E-state index in [-0.39, 0.29) is 5.91 Å². The lowest BCUT2D eigenvalue weighted by molar-refractivity contribution is 0.0939. The molecule has 0 bridgehead atoms. The van der Waals surface area contributed by atoms with Crippen molar-refractivity contribution in [2.24, 2.45) is 0 Å². The molecule has 3 aromatic rings. The van der Waals surface area contributed by atoms with Crippen molar-refractivity contribution in [1.82, 2.24) is 20.2 Å². The van der Waals surface area contributed by atoms with Gasteiger partial charge in [0.25, 0.3) is 5.91 Å². The molecule has 1 atom stereocenters. The number of para-hydroxylation sites is 2. The molecule has 28 heavy (non-hydrogen) atoms. The third kappa shape index (κ3) is 4.56. The summed E-state index contributed by atoms with van der Waals surface area (Å²) >= 11 is 1.67. The molecule has 1 aliphatic carbocycles.